The molecule has 1 amide bonds. The van der Waals surface area contributed by atoms with E-state index in [9.17, 15) is 18.0 Å². The molecule has 2 rings (SSSR count). The Bertz CT molecular complexity index is 461. The Hall–Kier alpha value is -1.27. The van der Waals surface area contributed by atoms with Gasteiger partial charge in [0.25, 0.3) is 0 Å². The lowest BCUT2D eigenvalue weighted by Gasteiger charge is -2.13. The third-order valence-corrected chi connectivity index (χ3v) is 2.59. The summed E-state index contributed by atoms with van der Waals surface area (Å²) in [4.78, 5) is 11.5. The lowest BCUT2D eigenvalue weighted by atomic mass is 10.1. The largest absolute Gasteiger partial charge is 0.401 e. The molecule has 0 spiro atoms. The van der Waals surface area contributed by atoms with Crippen molar-refractivity contribution in [3.63, 3.8) is 0 Å². The number of carbonyl (C=O) groups is 1. The molecule has 0 saturated carbocycles. The Morgan fingerprint density at radius 1 is 1.41 bits per heavy atom. The Morgan fingerprint density at radius 2 is 2.12 bits per heavy atom. The van der Waals surface area contributed by atoms with Crippen molar-refractivity contribution < 1.29 is 18.0 Å². The van der Waals surface area contributed by atoms with Crippen LogP contribution in [0.1, 0.15) is 11.6 Å². The number of rotatable bonds is 2. The summed E-state index contributed by atoms with van der Waals surface area (Å²) in [6.07, 6.45) is -4.36. The topological polar surface area (TPSA) is 41.1 Å². The van der Waals surface area contributed by atoms with Crippen molar-refractivity contribution in [1.82, 2.24) is 5.32 Å². The summed E-state index contributed by atoms with van der Waals surface area (Å²) in [5, 5.41) is 5.02. The molecule has 1 atom stereocenters. The maximum Gasteiger partial charge on any atom is 0.401 e. The van der Waals surface area contributed by atoms with E-state index in [0.29, 0.717) is 16.3 Å². The standard InChI is InChI=1S/C10H8ClF3N2O/c11-5-1-2-7-6(3-5)8(9(17)16-7)15-4-10(12,13)14/h1-3,8,15H,4H2,(H,16,17). The van der Waals surface area contributed by atoms with Crippen LogP contribution >= 0.6 is 11.6 Å². The first-order chi connectivity index (χ1) is 7.87. The highest BCUT2D eigenvalue weighted by atomic mass is 35.5. The van der Waals surface area contributed by atoms with E-state index in [4.69, 9.17) is 11.6 Å². The van der Waals surface area contributed by atoms with Gasteiger partial charge in [0.05, 0.1) is 6.54 Å². The van der Waals surface area contributed by atoms with Crippen LogP contribution in [0.25, 0.3) is 0 Å². The Balaban J connectivity index is 2.19. The molecule has 1 aliphatic rings. The molecule has 1 heterocycles. The van der Waals surface area contributed by atoms with Crippen LogP contribution in [-0.4, -0.2) is 18.6 Å². The van der Waals surface area contributed by atoms with Gasteiger partial charge in [-0.2, -0.15) is 13.2 Å². The monoisotopic (exact) mass is 264 g/mol. The predicted octanol–water partition coefficient (Wildman–Crippen LogP) is 2.49. The number of nitrogens with one attached hydrogen (secondary N) is 2. The molecule has 0 radical (unpaired) electrons. The third-order valence-electron chi connectivity index (χ3n) is 2.35. The van der Waals surface area contributed by atoms with Crippen LogP contribution in [0.5, 0.6) is 0 Å². The molecule has 92 valence electrons. The molecule has 0 aliphatic carbocycles. The molecule has 1 unspecified atom stereocenters. The minimum absolute atomic E-state index is 0.374. The Morgan fingerprint density at radius 3 is 2.76 bits per heavy atom. The summed E-state index contributed by atoms with van der Waals surface area (Å²) >= 11 is 5.74. The maximum atomic E-state index is 12.1. The molecule has 1 aromatic rings. The number of alkyl halides is 3. The minimum atomic E-state index is -4.36. The molecule has 1 aliphatic heterocycles. The van der Waals surface area contributed by atoms with Crippen molar-refractivity contribution in [2.45, 2.75) is 12.2 Å². The smallest absolute Gasteiger partial charge is 0.324 e. The van der Waals surface area contributed by atoms with Crippen molar-refractivity contribution in [2.75, 3.05) is 11.9 Å². The number of hydrogen-bond acceptors (Lipinski definition) is 2. The van der Waals surface area contributed by atoms with Gasteiger partial charge in [0.15, 0.2) is 0 Å². The molecular formula is C10H8ClF3N2O. The molecule has 0 aromatic heterocycles. The SMILES string of the molecule is O=C1Nc2ccc(Cl)cc2C1NCC(F)(F)F. The van der Waals surface area contributed by atoms with Crippen LogP contribution < -0.4 is 10.6 Å². The highest BCUT2D eigenvalue weighted by Gasteiger charge is 2.35. The van der Waals surface area contributed by atoms with Crippen molar-refractivity contribution in [2.24, 2.45) is 0 Å². The van der Waals surface area contributed by atoms with Crippen molar-refractivity contribution >= 4 is 23.2 Å². The van der Waals surface area contributed by atoms with Gasteiger partial charge in [0, 0.05) is 16.3 Å². The zero-order valence-electron chi connectivity index (χ0n) is 8.44. The fraction of sp³-hybridized carbons (Fsp3) is 0.300. The first-order valence-electron chi connectivity index (χ1n) is 4.77. The average molecular weight is 265 g/mol. The van der Waals surface area contributed by atoms with Gasteiger partial charge in [-0.3, -0.25) is 10.1 Å². The Labute approximate surface area is 99.9 Å². The van der Waals surface area contributed by atoms with Crippen LogP contribution in [0.15, 0.2) is 18.2 Å². The van der Waals surface area contributed by atoms with Crippen molar-refractivity contribution in [1.29, 1.82) is 0 Å². The van der Waals surface area contributed by atoms with E-state index < -0.39 is 24.7 Å². The maximum absolute atomic E-state index is 12.1. The minimum Gasteiger partial charge on any atom is -0.324 e. The van der Waals surface area contributed by atoms with E-state index in [1.165, 1.54) is 6.07 Å². The fourth-order valence-electron chi connectivity index (χ4n) is 1.65. The number of halogens is 4. The first kappa shape index (κ1) is 12.2. The van der Waals surface area contributed by atoms with Gasteiger partial charge < -0.3 is 5.32 Å². The van der Waals surface area contributed by atoms with Gasteiger partial charge in [-0.25, -0.2) is 0 Å². The van der Waals surface area contributed by atoms with Crippen molar-refractivity contribution in [3.8, 4) is 0 Å². The normalized spacial score (nSPS) is 19.1. The molecule has 0 saturated heterocycles. The second-order valence-corrected chi connectivity index (χ2v) is 4.09. The van der Waals surface area contributed by atoms with Gasteiger partial charge in [-0.15, -0.1) is 0 Å². The molecule has 2 N–H and O–H groups in total. The lowest BCUT2D eigenvalue weighted by Crippen LogP contribution is -2.35. The summed E-state index contributed by atoms with van der Waals surface area (Å²) in [5.41, 5.74) is 0.922. The van der Waals surface area contributed by atoms with Crippen LogP contribution in [0.4, 0.5) is 18.9 Å². The molecular weight excluding hydrogens is 257 g/mol. The third kappa shape index (κ3) is 2.70. The highest BCUT2D eigenvalue weighted by molar-refractivity contribution is 6.31. The van der Waals surface area contributed by atoms with Crippen LogP contribution in [0, 0.1) is 0 Å². The molecule has 1 aromatic carbocycles. The van der Waals surface area contributed by atoms with Crippen LogP contribution in [0.3, 0.4) is 0 Å². The Kier molecular flexibility index (Phi) is 3.01. The summed E-state index contributed by atoms with van der Waals surface area (Å²) in [5.74, 6) is -0.508. The van der Waals surface area contributed by atoms with Gasteiger partial charge >= 0.3 is 6.18 Å². The van der Waals surface area contributed by atoms with E-state index >= 15 is 0 Å². The number of carbonyl (C=O) groups excluding carboxylic acids is 1. The average Bonchev–Trinajstić information content (AvgIpc) is 2.49. The number of hydrogen-bond donors (Lipinski definition) is 2. The molecule has 3 nitrogen and oxygen atoms in total. The van der Waals surface area contributed by atoms with E-state index in [1.54, 1.807) is 12.1 Å². The highest BCUT2D eigenvalue weighted by Crippen LogP contribution is 2.33. The first-order valence-corrected chi connectivity index (χ1v) is 5.15. The zero-order valence-corrected chi connectivity index (χ0v) is 9.19. The number of amides is 1. The molecule has 7 heteroatoms. The summed E-state index contributed by atoms with van der Waals surface area (Å²) in [6, 6.07) is 3.59. The van der Waals surface area contributed by atoms with E-state index in [-0.39, 0.29) is 0 Å². The number of fused-ring (bicyclic) bond motifs is 1. The fourth-order valence-corrected chi connectivity index (χ4v) is 1.83. The van der Waals surface area contributed by atoms with Gasteiger partial charge in [-0.1, -0.05) is 11.6 Å². The quantitative estimate of drug-likeness (QED) is 0.862. The van der Waals surface area contributed by atoms with Gasteiger partial charge in [0.2, 0.25) is 5.91 Å². The second-order valence-electron chi connectivity index (χ2n) is 3.65. The van der Waals surface area contributed by atoms with Crippen LogP contribution in [0.2, 0.25) is 5.02 Å². The second kappa shape index (κ2) is 4.19. The summed E-state index contributed by atoms with van der Waals surface area (Å²) < 4.78 is 36.2. The number of anilines is 1. The summed E-state index contributed by atoms with van der Waals surface area (Å²) in [7, 11) is 0. The summed E-state index contributed by atoms with van der Waals surface area (Å²) in [6.45, 7) is -1.23. The van der Waals surface area contributed by atoms with Gasteiger partial charge in [-0.05, 0) is 18.2 Å². The molecule has 0 bridgehead atoms. The molecule has 17 heavy (non-hydrogen) atoms. The van der Waals surface area contributed by atoms with Crippen LogP contribution in [-0.2, 0) is 4.79 Å². The van der Waals surface area contributed by atoms with Gasteiger partial charge in [0.1, 0.15) is 6.04 Å². The van der Waals surface area contributed by atoms with E-state index in [0.717, 1.165) is 0 Å². The number of benzene rings is 1. The van der Waals surface area contributed by atoms with E-state index in [1.807, 2.05) is 0 Å². The predicted molar refractivity (Wildman–Crippen MR) is 56.9 cm³/mol. The zero-order chi connectivity index (χ0) is 12.6. The lowest BCUT2D eigenvalue weighted by molar-refractivity contribution is -0.129. The van der Waals surface area contributed by atoms with E-state index in [2.05, 4.69) is 10.6 Å². The van der Waals surface area contributed by atoms with Crippen molar-refractivity contribution in [3.05, 3.63) is 28.8 Å². The molecule has 0 fully saturated rings.